The molecule has 0 bridgehead atoms. The fourth-order valence-corrected chi connectivity index (χ4v) is 3.68. The maximum Gasteiger partial charge on any atom is 0.0236 e. The second-order valence-corrected chi connectivity index (χ2v) is 6.58. The molecule has 4 heteroatoms. The highest BCUT2D eigenvalue weighted by molar-refractivity contribution is 5.85. The van der Waals surface area contributed by atoms with Gasteiger partial charge < -0.3 is 5.32 Å². The molecule has 1 aromatic rings. The molecule has 0 aliphatic carbocycles. The summed E-state index contributed by atoms with van der Waals surface area (Å²) < 4.78 is 0. The summed E-state index contributed by atoms with van der Waals surface area (Å²) >= 11 is 0. The van der Waals surface area contributed by atoms with Crippen molar-refractivity contribution in [2.75, 3.05) is 19.6 Å². The fraction of sp³-hybridized carbons (Fsp3) is 0.667. The van der Waals surface area contributed by atoms with Gasteiger partial charge >= 0.3 is 0 Å². The van der Waals surface area contributed by atoms with Crippen LogP contribution in [0.4, 0.5) is 0 Å². The van der Waals surface area contributed by atoms with Crippen LogP contribution in [0.1, 0.15) is 56.1 Å². The van der Waals surface area contributed by atoms with E-state index in [2.05, 4.69) is 41.4 Å². The molecule has 1 N–H and O–H groups in total. The van der Waals surface area contributed by atoms with E-state index in [1.54, 1.807) is 5.56 Å². The minimum absolute atomic E-state index is 0. The van der Waals surface area contributed by atoms with Crippen LogP contribution in [0.2, 0.25) is 0 Å². The molecule has 0 spiro atoms. The smallest absolute Gasteiger partial charge is 0.0236 e. The lowest BCUT2D eigenvalue weighted by atomic mass is 9.90. The van der Waals surface area contributed by atoms with Crippen molar-refractivity contribution in [3.05, 3.63) is 35.4 Å². The lowest BCUT2D eigenvalue weighted by molar-refractivity contribution is 0.152. The molecule has 2 aliphatic rings. The van der Waals surface area contributed by atoms with Crippen LogP contribution in [0.3, 0.4) is 0 Å². The molecule has 3 rings (SSSR count). The molecular weight excluding hydrogens is 315 g/mol. The van der Waals surface area contributed by atoms with E-state index in [1.807, 2.05) is 0 Å². The number of halogens is 2. The van der Waals surface area contributed by atoms with Gasteiger partial charge in [-0.1, -0.05) is 30.7 Å². The highest BCUT2D eigenvalue weighted by atomic mass is 35.5. The van der Waals surface area contributed by atoms with Crippen LogP contribution in [-0.4, -0.2) is 30.6 Å². The monoisotopic (exact) mass is 344 g/mol. The third-order valence-corrected chi connectivity index (χ3v) is 5.12. The molecule has 0 aromatic heterocycles. The summed E-state index contributed by atoms with van der Waals surface area (Å²) in [6.07, 6.45) is 6.74. The van der Waals surface area contributed by atoms with Gasteiger partial charge in [0.05, 0.1) is 0 Å². The van der Waals surface area contributed by atoms with Gasteiger partial charge in [0.15, 0.2) is 0 Å². The summed E-state index contributed by atoms with van der Waals surface area (Å²) in [5.41, 5.74) is 3.03. The van der Waals surface area contributed by atoms with E-state index in [4.69, 9.17) is 0 Å². The molecule has 0 amide bonds. The van der Waals surface area contributed by atoms with Gasteiger partial charge in [0.2, 0.25) is 0 Å². The predicted octanol–water partition coefficient (Wildman–Crippen LogP) is 4.37. The van der Waals surface area contributed by atoms with Gasteiger partial charge in [-0.2, -0.15) is 0 Å². The van der Waals surface area contributed by atoms with Crippen molar-refractivity contribution in [1.82, 2.24) is 10.2 Å². The molecule has 2 fully saturated rings. The van der Waals surface area contributed by atoms with E-state index >= 15 is 0 Å². The lowest BCUT2D eigenvalue weighted by Crippen LogP contribution is -2.36. The molecule has 2 aliphatic heterocycles. The summed E-state index contributed by atoms with van der Waals surface area (Å²) in [6.45, 7) is 7.14. The third kappa shape index (κ3) is 5.13. The average Bonchev–Trinajstić information content (AvgIpc) is 2.51. The molecule has 1 aromatic carbocycles. The number of nitrogens with one attached hydrogen (secondary N) is 1. The predicted molar refractivity (Wildman–Crippen MR) is 99.5 cm³/mol. The fourth-order valence-electron chi connectivity index (χ4n) is 3.68. The number of hydrogen-bond acceptors (Lipinski definition) is 2. The number of piperidine rings is 2. The van der Waals surface area contributed by atoms with Gasteiger partial charge in [0.25, 0.3) is 0 Å². The minimum atomic E-state index is 0. The van der Waals surface area contributed by atoms with Gasteiger partial charge in [-0.25, -0.2) is 0 Å². The SMILES string of the molecule is CC1CCCCN1Cc1ccc(C2CCNCC2)cc1.Cl.Cl. The quantitative estimate of drug-likeness (QED) is 0.875. The second kappa shape index (κ2) is 9.77. The highest BCUT2D eigenvalue weighted by Gasteiger charge is 2.18. The molecule has 2 saturated heterocycles. The number of benzene rings is 1. The Hall–Kier alpha value is -0.280. The summed E-state index contributed by atoms with van der Waals surface area (Å²) in [7, 11) is 0. The number of nitrogens with zero attached hydrogens (tertiary/aromatic N) is 1. The Morgan fingerprint density at radius 3 is 2.32 bits per heavy atom. The van der Waals surface area contributed by atoms with Crippen LogP contribution in [-0.2, 0) is 6.54 Å². The van der Waals surface area contributed by atoms with Gasteiger partial charge in [-0.3, -0.25) is 4.90 Å². The van der Waals surface area contributed by atoms with E-state index < -0.39 is 0 Å². The van der Waals surface area contributed by atoms with Crippen molar-refractivity contribution >= 4 is 24.8 Å². The van der Waals surface area contributed by atoms with E-state index in [0.29, 0.717) is 0 Å². The zero-order valence-electron chi connectivity index (χ0n) is 13.6. The Labute approximate surface area is 147 Å². The van der Waals surface area contributed by atoms with E-state index in [0.717, 1.165) is 18.5 Å². The highest BCUT2D eigenvalue weighted by Crippen LogP contribution is 2.26. The first-order chi connectivity index (χ1) is 9.83. The summed E-state index contributed by atoms with van der Waals surface area (Å²) in [4.78, 5) is 2.64. The first-order valence-electron chi connectivity index (χ1n) is 8.36. The number of likely N-dealkylation sites (tertiary alicyclic amines) is 1. The average molecular weight is 345 g/mol. The number of hydrogen-bond donors (Lipinski definition) is 1. The maximum absolute atomic E-state index is 3.45. The van der Waals surface area contributed by atoms with Crippen molar-refractivity contribution in [2.24, 2.45) is 0 Å². The first-order valence-corrected chi connectivity index (χ1v) is 8.36. The van der Waals surface area contributed by atoms with Crippen molar-refractivity contribution in [3.63, 3.8) is 0 Å². The van der Waals surface area contributed by atoms with Crippen molar-refractivity contribution in [2.45, 2.75) is 57.5 Å². The standard InChI is InChI=1S/C18H28N2.2ClH/c1-15-4-2-3-13-20(15)14-16-5-7-17(8-6-16)18-9-11-19-12-10-18;;/h5-8,15,18-19H,2-4,9-14H2,1H3;2*1H. The van der Waals surface area contributed by atoms with Gasteiger partial charge in [-0.15, -0.1) is 24.8 Å². The van der Waals surface area contributed by atoms with E-state index in [1.165, 1.54) is 57.3 Å². The summed E-state index contributed by atoms with van der Waals surface area (Å²) in [6, 6.07) is 10.2. The van der Waals surface area contributed by atoms with E-state index in [-0.39, 0.29) is 24.8 Å². The zero-order chi connectivity index (χ0) is 13.8. The van der Waals surface area contributed by atoms with Crippen LogP contribution in [0.15, 0.2) is 24.3 Å². The van der Waals surface area contributed by atoms with Crippen molar-refractivity contribution < 1.29 is 0 Å². The summed E-state index contributed by atoms with van der Waals surface area (Å²) in [5.74, 6) is 0.777. The third-order valence-electron chi connectivity index (χ3n) is 5.12. The minimum Gasteiger partial charge on any atom is -0.317 e. The number of rotatable bonds is 3. The Kier molecular flexibility index (Phi) is 8.78. The molecule has 1 unspecified atom stereocenters. The lowest BCUT2D eigenvalue weighted by Gasteiger charge is -2.33. The maximum atomic E-state index is 3.45. The first kappa shape index (κ1) is 19.8. The van der Waals surface area contributed by atoms with E-state index in [9.17, 15) is 0 Å². The zero-order valence-corrected chi connectivity index (χ0v) is 15.2. The molecule has 1 atom stereocenters. The topological polar surface area (TPSA) is 15.3 Å². The Morgan fingerprint density at radius 2 is 1.68 bits per heavy atom. The summed E-state index contributed by atoms with van der Waals surface area (Å²) in [5, 5.41) is 3.45. The van der Waals surface area contributed by atoms with Gasteiger partial charge in [0.1, 0.15) is 0 Å². The van der Waals surface area contributed by atoms with Crippen LogP contribution in [0, 0.1) is 0 Å². The molecule has 2 nitrogen and oxygen atoms in total. The normalized spacial score (nSPS) is 23.4. The van der Waals surface area contributed by atoms with Crippen LogP contribution >= 0.6 is 24.8 Å². The largest absolute Gasteiger partial charge is 0.317 e. The second-order valence-electron chi connectivity index (χ2n) is 6.58. The van der Waals surface area contributed by atoms with Gasteiger partial charge in [-0.05, 0) is 69.3 Å². The van der Waals surface area contributed by atoms with Crippen LogP contribution < -0.4 is 5.32 Å². The molecule has 22 heavy (non-hydrogen) atoms. The van der Waals surface area contributed by atoms with Gasteiger partial charge in [0, 0.05) is 12.6 Å². The van der Waals surface area contributed by atoms with Crippen LogP contribution in [0.5, 0.6) is 0 Å². The Bertz CT molecular complexity index is 416. The molecule has 0 radical (unpaired) electrons. The van der Waals surface area contributed by atoms with Crippen LogP contribution in [0.25, 0.3) is 0 Å². The molecule has 126 valence electrons. The Morgan fingerprint density at radius 1 is 1.00 bits per heavy atom. The molecule has 0 saturated carbocycles. The molecular formula is C18H30Cl2N2. The van der Waals surface area contributed by atoms with Crippen molar-refractivity contribution in [3.8, 4) is 0 Å². The Balaban J connectivity index is 0.00000121. The van der Waals surface area contributed by atoms with Crippen molar-refractivity contribution in [1.29, 1.82) is 0 Å². The molecule has 2 heterocycles.